The average molecular weight is 567 g/mol. The number of alkyl carbamates (subject to hydrolysis) is 1. The van der Waals surface area contributed by atoms with Crippen molar-refractivity contribution in [2.45, 2.75) is 38.5 Å². The van der Waals surface area contributed by atoms with E-state index in [0.29, 0.717) is 30.2 Å². The summed E-state index contributed by atoms with van der Waals surface area (Å²) >= 11 is 0. The highest BCUT2D eigenvalue weighted by Gasteiger charge is 2.34. The van der Waals surface area contributed by atoms with Gasteiger partial charge in [0.1, 0.15) is 11.6 Å². The number of carbonyl (C=O) groups excluding carboxylic acids is 1. The summed E-state index contributed by atoms with van der Waals surface area (Å²) in [6.45, 7) is 5.97. The smallest absolute Gasteiger partial charge is 0.407 e. The van der Waals surface area contributed by atoms with Crippen molar-refractivity contribution in [1.82, 2.24) is 24.9 Å². The van der Waals surface area contributed by atoms with Crippen LogP contribution < -0.4 is 21.3 Å². The van der Waals surface area contributed by atoms with Gasteiger partial charge in [0.15, 0.2) is 0 Å². The fourth-order valence-corrected chi connectivity index (χ4v) is 5.12. The van der Waals surface area contributed by atoms with Gasteiger partial charge in [0.2, 0.25) is 5.95 Å². The number of hydrogen-bond donors (Lipinski definition) is 4. The van der Waals surface area contributed by atoms with Gasteiger partial charge in [-0.25, -0.2) is 18.6 Å². The molecule has 11 nitrogen and oxygen atoms in total. The van der Waals surface area contributed by atoms with Gasteiger partial charge < -0.3 is 31.1 Å². The number of nitrogens with two attached hydrogens (primary N) is 1. The number of pyridine rings is 1. The van der Waals surface area contributed by atoms with Crippen molar-refractivity contribution in [3.8, 4) is 11.3 Å². The second-order valence-electron chi connectivity index (χ2n) is 10.7. The maximum Gasteiger partial charge on any atom is 0.407 e. The van der Waals surface area contributed by atoms with Crippen LogP contribution in [-0.2, 0) is 10.3 Å². The van der Waals surface area contributed by atoms with Gasteiger partial charge in [-0.3, -0.25) is 4.98 Å². The SMILES string of the molecule is COC(=O)N[C@@H]1[C@H](N)CN(c2ccncc2Nc2ncc3ccc(-c4c(F)cc(C(C)(C)O)cc4F)nn23)C[C@@H]1C. The predicted molar refractivity (Wildman–Crippen MR) is 150 cm³/mol. The molecule has 3 aromatic heterocycles. The molecule has 0 bridgehead atoms. The highest BCUT2D eigenvalue weighted by Crippen LogP contribution is 2.33. The number of aliphatic hydroxyl groups is 1. The molecular weight excluding hydrogens is 534 g/mol. The normalized spacial score (nSPS) is 19.3. The Balaban J connectivity index is 1.44. The zero-order chi connectivity index (χ0) is 29.5. The molecular formula is C28H32F2N8O3. The Kier molecular flexibility index (Phi) is 7.49. The zero-order valence-corrected chi connectivity index (χ0v) is 23.1. The third-order valence-electron chi connectivity index (χ3n) is 7.26. The fourth-order valence-electron chi connectivity index (χ4n) is 5.12. The van der Waals surface area contributed by atoms with Crippen LogP contribution in [0.4, 0.5) is 30.9 Å². The van der Waals surface area contributed by atoms with Gasteiger partial charge in [-0.15, -0.1) is 0 Å². The van der Waals surface area contributed by atoms with Crippen molar-refractivity contribution in [2.24, 2.45) is 11.7 Å². The number of nitrogens with zero attached hydrogens (tertiary/aromatic N) is 5. The van der Waals surface area contributed by atoms with Crippen molar-refractivity contribution < 1.29 is 23.4 Å². The maximum absolute atomic E-state index is 15.1. The number of hydrogen-bond acceptors (Lipinski definition) is 9. The first-order valence-corrected chi connectivity index (χ1v) is 13.1. The molecule has 4 aromatic rings. The number of ether oxygens (including phenoxy) is 1. The topological polar surface area (TPSA) is 143 Å². The number of methoxy groups -OCH3 is 1. The van der Waals surface area contributed by atoms with Gasteiger partial charge in [-0.1, -0.05) is 6.92 Å². The Morgan fingerprint density at radius 3 is 2.56 bits per heavy atom. The molecule has 5 N–H and O–H groups in total. The molecule has 3 atom stereocenters. The first-order chi connectivity index (χ1) is 19.5. The first kappa shape index (κ1) is 28.2. The monoisotopic (exact) mass is 566 g/mol. The molecule has 5 rings (SSSR count). The number of aromatic nitrogens is 4. The van der Waals surface area contributed by atoms with E-state index >= 15 is 8.78 Å². The fraction of sp³-hybridized carbons (Fsp3) is 0.357. The highest BCUT2D eigenvalue weighted by atomic mass is 19.1. The summed E-state index contributed by atoms with van der Waals surface area (Å²) in [6, 6.07) is 6.62. The Morgan fingerprint density at radius 2 is 1.90 bits per heavy atom. The van der Waals surface area contributed by atoms with Crippen LogP contribution in [-0.4, -0.2) is 63.1 Å². The summed E-state index contributed by atoms with van der Waals surface area (Å²) in [5.74, 6) is -1.35. The van der Waals surface area contributed by atoms with E-state index in [1.54, 1.807) is 24.7 Å². The lowest BCUT2D eigenvalue weighted by Crippen LogP contribution is -2.62. The van der Waals surface area contributed by atoms with Crippen molar-refractivity contribution in [3.63, 3.8) is 0 Å². The number of rotatable bonds is 6. The van der Waals surface area contributed by atoms with Gasteiger partial charge in [0, 0.05) is 25.3 Å². The lowest BCUT2D eigenvalue weighted by molar-refractivity contribution is 0.0779. The number of amides is 1. The third kappa shape index (κ3) is 5.63. The Labute approximate surface area is 235 Å². The standard InChI is InChI=1S/C28H32F2N8O3/c1-15-13-37(14-20(31)25(15)35-27(39)41-4)23-7-8-32-12-22(23)34-26-33-11-17-5-6-21(36-38(17)26)24-18(29)9-16(10-19(24)30)28(2,3)40/h5-12,15,20,25,40H,13-14,31H2,1-4H3,(H,33,34)(H,35,39)/t15-,20+,25-/m0/s1. The molecule has 1 amide bonds. The van der Waals surface area contributed by atoms with Crippen molar-refractivity contribution in [3.05, 3.63) is 66.1 Å². The number of halogens is 2. The molecule has 13 heteroatoms. The van der Waals surface area contributed by atoms with Gasteiger partial charge in [-0.2, -0.15) is 9.61 Å². The van der Waals surface area contributed by atoms with Gasteiger partial charge in [-0.05, 0) is 55.7 Å². The minimum atomic E-state index is -1.41. The number of imidazole rings is 1. The molecule has 41 heavy (non-hydrogen) atoms. The van der Waals surface area contributed by atoms with Crippen molar-refractivity contribution in [1.29, 1.82) is 0 Å². The van der Waals surface area contributed by atoms with Crippen LogP contribution in [0.15, 0.2) is 48.9 Å². The van der Waals surface area contributed by atoms with E-state index in [9.17, 15) is 9.90 Å². The highest BCUT2D eigenvalue weighted by molar-refractivity contribution is 5.74. The largest absolute Gasteiger partial charge is 0.453 e. The summed E-state index contributed by atoms with van der Waals surface area (Å²) in [5.41, 5.74) is 6.93. The zero-order valence-electron chi connectivity index (χ0n) is 23.1. The number of piperidine rings is 1. The quantitative estimate of drug-likeness (QED) is 0.276. The lowest BCUT2D eigenvalue weighted by atomic mass is 9.90. The van der Waals surface area contributed by atoms with Gasteiger partial charge in [0.25, 0.3) is 0 Å². The number of nitrogens with one attached hydrogen (secondary N) is 2. The molecule has 1 aliphatic heterocycles. The predicted octanol–water partition coefficient (Wildman–Crippen LogP) is 3.55. The van der Waals surface area contributed by atoms with Gasteiger partial charge in [0.05, 0.1) is 59.3 Å². The number of fused-ring (bicyclic) bond motifs is 1. The van der Waals surface area contributed by atoms with Crippen molar-refractivity contribution >= 4 is 28.9 Å². The maximum atomic E-state index is 15.1. The van der Waals surface area contributed by atoms with Crippen LogP contribution in [0, 0.1) is 17.6 Å². The molecule has 216 valence electrons. The molecule has 1 saturated heterocycles. The van der Waals surface area contributed by atoms with E-state index in [1.807, 2.05) is 13.0 Å². The van der Waals surface area contributed by atoms with Gasteiger partial charge >= 0.3 is 6.09 Å². The van der Waals surface area contributed by atoms with E-state index in [2.05, 4.69) is 30.6 Å². The number of anilines is 3. The van der Waals surface area contributed by atoms with Crippen LogP contribution in [0.5, 0.6) is 0 Å². The van der Waals surface area contributed by atoms with E-state index in [1.165, 1.54) is 31.5 Å². The minimum absolute atomic E-state index is 0.0166. The van der Waals surface area contributed by atoms with E-state index in [4.69, 9.17) is 10.5 Å². The molecule has 4 heterocycles. The third-order valence-corrected chi connectivity index (χ3v) is 7.26. The molecule has 0 spiro atoms. The van der Waals surface area contributed by atoms with Crippen LogP contribution in [0.2, 0.25) is 0 Å². The molecule has 1 aromatic carbocycles. The molecule has 1 fully saturated rings. The Hall–Kier alpha value is -4.36. The van der Waals surface area contributed by atoms with Crippen LogP contribution >= 0.6 is 0 Å². The van der Waals surface area contributed by atoms with Crippen LogP contribution in [0.25, 0.3) is 16.8 Å². The molecule has 0 unspecified atom stereocenters. The second-order valence-corrected chi connectivity index (χ2v) is 10.7. The average Bonchev–Trinajstić information content (AvgIpc) is 3.31. The van der Waals surface area contributed by atoms with Crippen LogP contribution in [0.1, 0.15) is 26.3 Å². The summed E-state index contributed by atoms with van der Waals surface area (Å²) in [5, 5.41) is 20.7. The lowest BCUT2D eigenvalue weighted by Gasteiger charge is -2.42. The Morgan fingerprint density at radius 1 is 1.17 bits per heavy atom. The number of carbonyl (C=O) groups is 1. The van der Waals surface area contributed by atoms with Crippen LogP contribution in [0.3, 0.4) is 0 Å². The first-order valence-electron chi connectivity index (χ1n) is 13.1. The van der Waals surface area contributed by atoms with E-state index in [0.717, 1.165) is 17.8 Å². The molecule has 0 radical (unpaired) electrons. The molecule has 0 aliphatic carbocycles. The summed E-state index contributed by atoms with van der Waals surface area (Å²) in [7, 11) is 1.31. The van der Waals surface area contributed by atoms with Crippen molar-refractivity contribution in [2.75, 3.05) is 30.4 Å². The number of benzene rings is 1. The second kappa shape index (κ2) is 10.9. The van der Waals surface area contributed by atoms with E-state index < -0.39 is 23.3 Å². The summed E-state index contributed by atoms with van der Waals surface area (Å²) in [6.07, 6.45) is 4.37. The summed E-state index contributed by atoms with van der Waals surface area (Å²) < 4.78 is 36.3. The minimum Gasteiger partial charge on any atom is -0.453 e. The molecule has 0 saturated carbocycles. The van der Waals surface area contributed by atoms with E-state index in [-0.39, 0.29) is 34.8 Å². The Bertz CT molecular complexity index is 1550. The summed E-state index contributed by atoms with van der Waals surface area (Å²) in [4.78, 5) is 22.5. The molecule has 1 aliphatic rings.